The smallest absolute Gasteiger partial charge is 0.308 e. The summed E-state index contributed by atoms with van der Waals surface area (Å²) in [5.74, 6) is -2.83. The molecule has 0 aromatic carbocycles. The average Bonchev–Trinajstić information content (AvgIpc) is 3.32. The predicted molar refractivity (Wildman–Crippen MR) is 121 cm³/mol. The number of unbranched alkanes of at least 4 members (excludes halogenated alkanes) is 2. The Morgan fingerprint density at radius 2 is 2.10 bits per heavy atom. The lowest BCUT2D eigenvalue weighted by Crippen LogP contribution is -2.59. The number of carbonyl (C=O) groups is 3. The van der Waals surface area contributed by atoms with Crippen LogP contribution in [0.2, 0.25) is 0 Å². The van der Waals surface area contributed by atoms with Gasteiger partial charge in [0.05, 0.1) is 29.2 Å². The molecule has 0 radical (unpaired) electrons. The lowest BCUT2D eigenvalue weighted by Gasteiger charge is -2.41. The van der Waals surface area contributed by atoms with Crippen LogP contribution in [0.3, 0.4) is 0 Å². The minimum Gasteiger partial charge on any atom is -0.481 e. The van der Waals surface area contributed by atoms with E-state index in [1.54, 1.807) is 27.6 Å². The van der Waals surface area contributed by atoms with Gasteiger partial charge < -0.3 is 20.0 Å². The first-order valence-electron chi connectivity index (χ1n) is 11.5. The summed E-state index contributed by atoms with van der Waals surface area (Å²) in [7, 11) is 0. The topological polar surface area (TPSA) is 98.2 Å². The number of hydrogen-bond acceptors (Lipinski definition) is 5. The van der Waals surface area contributed by atoms with E-state index < -0.39 is 34.6 Å². The number of hydrogen-bond donors (Lipinski definition) is 2. The lowest BCUT2D eigenvalue weighted by atomic mass is 9.66. The summed E-state index contributed by atoms with van der Waals surface area (Å²) in [6.07, 6.45) is 5.81. The Bertz CT molecular complexity index is 727. The first-order chi connectivity index (χ1) is 14.8. The molecule has 3 heterocycles. The maximum absolute atomic E-state index is 14.0. The highest BCUT2D eigenvalue weighted by atomic mass is 32.2. The lowest BCUT2D eigenvalue weighted by molar-refractivity contribution is -0.150. The molecule has 31 heavy (non-hydrogen) atoms. The molecule has 0 aromatic heterocycles. The molecule has 0 aromatic rings. The quantitative estimate of drug-likeness (QED) is 0.369. The number of carboxylic acid groups (broad SMARTS) is 1. The summed E-state index contributed by atoms with van der Waals surface area (Å²) in [6, 6.07) is -1.25. The van der Waals surface area contributed by atoms with Crippen LogP contribution in [-0.4, -0.2) is 79.6 Å². The summed E-state index contributed by atoms with van der Waals surface area (Å²) in [5, 5.41) is 19.8. The van der Waals surface area contributed by atoms with Gasteiger partial charge >= 0.3 is 5.97 Å². The van der Waals surface area contributed by atoms with E-state index in [-0.39, 0.29) is 29.6 Å². The molecule has 3 rings (SSSR count). The van der Waals surface area contributed by atoms with E-state index in [0.717, 1.165) is 19.3 Å². The van der Waals surface area contributed by atoms with Crippen molar-refractivity contribution in [3.63, 3.8) is 0 Å². The van der Waals surface area contributed by atoms with Gasteiger partial charge in [0.25, 0.3) is 0 Å². The van der Waals surface area contributed by atoms with Gasteiger partial charge in [-0.3, -0.25) is 14.4 Å². The summed E-state index contributed by atoms with van der Waals surface area (Å²) >= 11 is 1.54. The van der Waals surface area contributed by atoms with Crippen LogP contribution in [0.1, 0.15) is 52.9 Å². The third kappa shape index (κ3) is 3.69. The van der Waals surface area contributed by atoms with Crippen molar-refractivity contribution >= 4 is 29.5 Å². The van der Waals surface area contributed by atoms with Crippen LogP contribution in [0.15, 0.2) is 12.7 Å². The Morgan fingerprint density at radius 3 is 2.65 bits per heavy atom. The molecular weight excluding hydrogens is 416 g/mol. The molecule has 3 fully saturated rings. The highest BCUT2D eigenvalue weighted by Crippen LogP contribution is 2.68. The molecule has 0 aliphatic carbocycles. The van der Waals surface area contributed by atoms with Crippen LogP contribution < -0.4 is 0 Å². The van der Waals surface area contributed by atoms with Gasteiger partial charge in [-0.1, -0.05) is 39.7 Å². The molecular formula is C23H36N2O5S. The van der Waals surface area contributed by atoms with Gasteiger partial charge in [0.2, 0.25) is 11.8 Å². The molecule has 0 saturated carbocycles. The zero-order valence-electron chi connectivity index (χ0n) is 18.8. The molecule has 3 aliphatic heterocycles. The number of carbonyl (C=O) groups excluding carboxylic acids is 2. The molecule has 7 atom stereocenters. The Kier molecular flexibility index (Phi) is 7.41. The molecule has 3 unspecified atom stereocenters. The van der Waals surface area contributed by atoms with Crippen LogP contribution in [0.5, 0.6) is 0 Å². The zero-order chi connectivity index (χ0) is 22.9. The molecule has 3 aliphatic rings. The second-order valence-corrected chi connectivity index (χ2v) is 10.7. The second kappa shape index (κ2) is 9.53. The summed E-state index contributed by atoms with van der Waals surface area (Å²) in [4.78, 5) is 43.2. The Balaban J connectivity index is 2.07. The highest BCUT2D eigenvalue weighted by molar-refractivity contribution is 8.02. The molecule has 2 amide bonds. The third-order valence-corrected chi connectivity index (χ3v) is 9.55. The number of rotatable bonds is 11. The maximum atomic E-state index is 14.0. The number of amides is 2. The number of aliphatic carboxylic acids is 1. The number of nitrogens with zero attached hydrogens (tertiary/aromatic N) is 2. The molecule has 1 spiro atoms. The van der Waals surface area contributed by atoms with Crippen molar-refractivity contribution in [2.75, 3.05) is 19.7 Å². The van der Waals surface area contributed by atoms with Gasteiger partial charge in [-0.2, -0.15) is 0 Å². The van der Waals surface area contributed by atoms with E-state index >= 15 is 0 Å². The van der Waals surface area contributed by atoms with Crippen molar-refractivity contribution in [1.29, 1.82) is 0 Å². The van der Waals surface area contributed by atoms with Crippen LogP contribution >= 0.6 is 11.8 Å². The van der Waals surface area contributed by atoms with Crippen LogP contribution in [-0.2, 0) is 14.4 Å². The van der Waals surface area contributed by atoms with Crippen molar-refractivity contribution < 1.29 is 24.6 Å². The van der Waals surface area contributed by atoms with Gasteiger partial charge in [0, 0.05) is 18.3 Å². The highest BCUT2D eigenvalue weighted by Gasteiger charge is 2.76. The molecule has 7 nitrogen and oxygen atoms in total. The minimum atomic E-state index is -0.958. The molecule has 2 bridgehead atoms. The predicted octanol–water partition coefficient (Wildman–Crippen LogP) is 2.38. The molecule has 2 N–H and O–H groups in total. The van der Waals surface area contributed by atoms with E-state index in [1.165, 1.54) is 0 Å². The fourth-order valence-electron chi connectivity index (χ4n) is 6.00. The van der Waals surface area contributed by atoms with Crippen molar-refractivity contribution in [1.82, 2.24) is 9.80 Å². The fraction of sp³-hybridized carbons (Fsp3) is 0.783. The van der Waals surface area contributed by atoms with E-state index in [2.05, 4.69) is 13.5 Å². The first kappa shape index (κ1) is 24.1. The summed E-state index contributed by atoms with van der Waals surface area (Å²) < 4.78 is -0.755. The van der Waals surface area contributed by atoms with Crippen molar-refractivity contribution in [2.24, 2.45) is 17.8 Å². The van der Waals surface area contributed by atoms with Gasteiger partial charge in [0.15, 0.2) is 0 Å². The Hall–Kier alpha value is -1.54. The van der Waals surface area contributed by atoms with Crippen LogP contribution in [0, 0.1) is 17.8 Å². The van der Waals surface area contributed by atoms with Crippen LogP contribution in [0.25, 0.3) is 0 Å². The zero-order valence-corrected chi connectivity index (χ0v) is 19.6. The number of thioether (sulfide) groups is 1. The van der Waals surface area contributed by atoms with Gasteiger partial charge in [0.1, 0.15) is 6.04 Å². The van der Waals surface area contributed by atoms with E-state index in [9.17, 15) is 24.6 Å². The molecule has 3 saturated heterocycles. The number of likely N-dealkylation sites (tertiary alicyclic amines) is 1. The largest absolute Gasteiger partial charge is 0.481 e. The Labute approximate surface area is 189 Å². The normalized spacial score (nSPS) is 34.6. The van der Waals surface area contributed by atoms with Crippen molar-refractivity contribution in [3.8, 4) is 0 Å². The number of aliphatic hydroxyl groups excluding tert-OH is 1. The van der Waals surface area contributed by atoms with E-state index in [1.807, 2.05) is 13.8 Å². The Morgan fingerprint density at radius 1 is 1.39 bits per heavy atom. The van der Waals surface area contributed by atoms with Crippen molar-refractivity contribution in [2.45, 2.75) is 75.0 Å². The molecule has 174 valence electrons. The van der Waals surface area contributed by atoms with Gasteiger partial charge in [-0.15, -0.1) is 18.3 Å². The van der Waals surface area contributed by atoms with Crippen LogP contribution in [0.4, 0.5) is 0 Å². The standard InChI is InChI=1S/C23H36N2O5S/c1-5-8-9-11-24(10-6-2)21(28)19-23-14(4)12-16(31-23)17(22(29)30)18(23)20(27)25(19)15(7-3)13-26/h6,14-19,26H,2,5,7-13H2,1,3-4H3,(H,29,30)/t14?,15-,16-,17+,18-,19?,23?/m0/s1. The van der Waals surface area contributed by atoms with Gasteiger partial charge in [-0.25, -0.2) is 0 Å². The minimum absolute atomic E-state index is 0.0448. The van der Waals surface area contributed by atoms with E-state index in [4.69, 9.17) is 0 Å². The average molecular weight is 453 g/mol. The summed E-state index contributed by atoms with van der Waals surface area (Å²) in [6.45, 7) is 10.6. The number of fused-ring (bicyclic) bond motifs is 1. The van der Waals surface area contributed by atoms with E-state index in [0.29, 0.717) is 25.9 Å². The first-order valence-corrected chi connectivity index (χ1v) is 12.4. The maximum Gasteiger partial charge on any atom is 0.308 e. The molecule has 8 heteroatoms. The second-order valence-electron chi connectivity index (χ2n) is 9.16. The van der Waals surface area contributed by atoms with Crippen molar-refractivity contribution in [3.05, 3.63) is 12.7 Å². The number of aliphatic hydroxyl groups is 1. The number of carboxylic acids is 1. The third-order valence-electron chi connectivity index (χ3n) is 7.47. The monoisotopic (exact) mass is 452 g/mol. The van der Waals surface area contributed by atoms with Gasteiger partial charge in [-0.05, 0) is 25.2 Å². The summed E-state index contributed by atoms with van der Waals surface area (Å²) in [5.41, 5.74) is 0. The fourth-order valence-corrected chi connectivity index (χ4v) is 8.40. The SMILES string of the molecule is C=CCN(CCCCC)C(=O)C1N([C@@H](CC)CO)C(=O)[C@@H]2[C@H](C(=O)O)[C@@H]3CC(C)C12S3.